The number of aromatic nitrogens is 2. The van der Waals surface area contributed by atoms with Crippen LogP contribution in [0.4, 0.5) is 10.1 Å². The van der Waals surface area contributed by atoms with Crippen molar-refractivity contribution >= 4 is 23.6 Å². The van der Waals surface area contributed by atoms with Crippen molar-refractivity contribution in [2.75, 3.05) is 5.01 Å². The van der Waals surface area contributed by atoms with E-state index in [0.29, 0.717) is 0 Å². The predicted molar refractivity (Wildman–Crippen MR) is 73.4 cm³/mol. The quantitative estimate of drug-likeness (QED) is 0.340. The van der Waals surface area contributed by atoms with Gasteiger partial charge in [0.15, 0.2) is 5.82 Å². The molecule has 0 amide bonds. The average Bonchev–Trinajstić information content (AvgIpc) is 2.41. The molecule has 0 spiro atoms. The molecule has 2 aromatic rings. The van der Waals surface area contributed by atoms with Gasteiger partial charge in [-0.1, -0.05) is 11.6 Å². The highest BCUT2D eigenvalue weighted by molar-refractivity contribution is 6.31. The Hall–Kier alpha value is -2.45. The third-order valence-electron chi connectivity index (χ3n) is 2.45. The third kappa shape index (κ3) is 2.60. The van der Waals surface area contributed by atoms with E-state index in [9.17, 15) is 9.50 Å². The van der Waals surface area contributed by atoms with Gasteiger partial charge in [0, 0.05) is 6.07 Å². The molecule has 0 saturated carbocycles. The second kappa shape index (κ2) is 5.68. The van der Waals surface area contributed by atoms with E-state index >= 15 is 0 Å². The Kier molecular flexibility index (Phi) is 3.97. The van der Waals surface area contributed by atoms with Gasteiger partial charge in [-0.25, -0.2) is 20.2 Å². The highest BCUT2D eigenvalue weighted by Crippen LogP contribution is 2.35. The Morgan fingerprint density at radius 2 is 2.15 bits per heavy atom. The number of hydrazine groups is 1. The number of anilines is 1. The summed E-state index contributed by atoms with van der Waals surface area (Å²) in [5.74, 6) is 9.66. The first-order valence-electron chi connectivity index (χ1n) is 5.31. The highest BCUT2D eigenvalue weighted by atomic mass is 35.5. The molecule has 0 fully saturated rings. The van der Waals surface area contributed by atoms with E-state index < -0.39 is 5.82 Å². The SMILES string of the molecule is N/N=C\N(N)c1ccc(Cl)c(F)c1-c1cc(O)ncn1. The monoisotopic (exact) mass is 296 g/mol. The first-order valence-corrected chi connectivity index (χ1v) is 5.69. The molecule has 0 aliphatic carbocycles. The first-order chi connectivity index (χ1) is 9.54. The molecule has 0 bridgehead atoms. The van der Waals surface area contributed by atoms with Gasteiger partial charge in [0.2, 0.25) is 5.88 Å². The molecule has 0 atom stereocenters. The second-order valence-corrected chi connectivity index (χ2v) is 4.10. The van der Waals surface area contributed by atoms with Crippen LogP contribution >= 0.6 is 11.6 Å². The van der Waals surface area contributed by atoms with Gasteiger partial charge in [0.1, 0.15) is 12.7 Å². The number of rotatable bonds is 3. The van der Waals surface area contributed by atoms with Gasteiger partial charge in [-0.2, -0.15) is 5.10 Å². The van der Waals surface area contributed by atoms with Crippen molar-refractivity contribution in [3.8, 4) is 17.1 Å². The number of benzene rings is 1. The van der Waals surface area contributed by atoms with Crippen LogP contribution in [-0.4, -0.2) is 21.4 Å². The van der Waals surface area contributed by atoms with Crippen molar-refractivity contribution in [1.82, 2.24) is 9.97 Å². The number of nitrogens with two attached hydrogens (primary N) is 2. The molecule has 0 radical (unpaired) electrons. The lowest BCUT2D eigenvalue weighted by Crippen LogP contribution is -2.30. The average molecular weight is 297 g/mol. The number of hydrogen-bond donors (Lipinski definition) is 3. The van der Waals surface area contributed by atoms with Gasteiger partial charge in [0.25, 0.3) is 0 Å². The third-order valence-corrected chi connectivity index (χ3v) is 2.74. The van der Waals surface area contributed by atoms with Crippen molar-refractivity contribution in [2.24, 2.45) is 16.8 Å². The lowest BCUT2D eigenvalue weighted by molar-refractivity contribution is 0.452. The van der Waals surface area contributed by atoms with E-state index in [1.807, 2.05) is 0 Å². The van der Waals surface area contributed by atoms with E-state index in [1.54, 1.807) is 0 Å². The molecule has 7 nitrogen and oxygen atoms in total. The van der Waals surface area contributed by atoms with Crippen LogP contribution in [0.1, 0.15) is 0 Å². The minimum Gasteiger partial charge on any atom is -0.493 e. The van der Waals surface area contributed by atoms with E-state index in [1.165, 1.54) is 18.2 Å². The molecule has 0 saturated heterocycles. The van der Waals surface area contributed by atoms with Gasteiger partial charge in [-0.3, -0.25) is 5.01 Å². The van der Waals surface area contributed by atoms with Gasteiger partial charge >= 0.3 is 0 Å². The fourth-order valence-corrected chi connectivity index (χ4v) is 1.77. The lowest BCUT2D eigenvalue weighted by atomic mass is 10.1. The van der Waals surface area contributed by atoms with Crippen LogP contribution in [0.25, 0.3) is 11.3 Å². The standard InChI is InChI=1S/C11H10ClFN6O/c12-6-1-2-8(19(15)5-18-14)10(11(6)13)7-3-9(20)17-4-16-7/h1-5H,14-15H2,(H,16,17,20)/b18-5-. The van der Waals surface area contributed by atoms with E-state index in [2.05, 4.69) is 15.1 Å². The molecule has 20 heavy (non-hydrogen) atoms. The molecular weight excluding hydrogens is 287 g/mol. The molecule has 0 aliphatic rings. The summed E-state index contributed by atoms with van der Waals surface area (Å²) in [6.07, 6.45) is 2.18. The van der Waals surface area contributed by atoms with Gasteiger partial charge in [-0.15, -0.1) is 0 Å². The number of hydrogen-bond acceptors (Lipinski definition) is 6. The molecule has 1 aromatic heterocycles. The van der Waals surface area contributed by atoms with Crippen molar-refractivity contribution < 1.29 is 9.50 Å². The zero-order valence-electron chi connectivity index (χ0n) is 10.0. The fraction of sp³-hybridized carbons (Fsp3) is 0. The van der Waals surface area contributed by atoms with Crippen LogP contribution in [0.5, 0.6) is 5.88 Å². The topological polar surface area (TPSA) is 114 Å². The van der Waals surface area contributed by atoms with Crippen LogP contribution in [0.3, 0.4) is 0 Å². The summed E-state index contributed by atoms with van der Waals surface area (Å²) in [5.41, 5.74) is 0.338. The summed E-state index contributed by atoms with van der Waals surface area (Å²) in [6, 6.07) is 3.99. The smallest absolute Gasteiger partial charge is 0.214 e. The second-order valence-electron chi connectivity index (χ2n) is 3.69. The first kappa shape index (κ1) is 14.0. The summed E-state index contributed by atoms with van der Waals surface area (Å²) in [7, 11) is 0. The molecule has 1 heterocycles. The number of halogens is 2. The van der Waals surface area contributed by atoms with Gasteiger partial charge in [-0.05, 0) is 12.1 Å². The highest BCUT2D eigenvalue weighted by Gasteiger charge is 2.18. The minimum atomic E-state index is -0.733. The van der Waals surface area contributed by atoms with Crippen LogP contribution in [0.15, 0.2) is 29.6 Å². The largest absolute Gasteiger partial charge is 0.493 e. The Morgan fingerprint density at radius 3 is 2.80 bits per heavy atom. The van der Waals surface area contributed by atoms with E-state index in [4.69, 9.17) is 23.3 Å². The summed E-state index contributed by atoms with van der Waals surface area (Å²) in [6.45, 7) is 0. The van der Waals surface area contributed by atoms with Crippen molar-refractivity contribution in [3.63, 3.8) is 0 Å². The number of aromatic hydroxyl groups is 1. The van der Waals surface area contributed by atoms with Gasteiger partial charge in [0.05, 0.1) is 22.0 Å². The van der Waals surface area contributed by atoms with Crippen LogP contribution < -0.4 is 16.7 Å². The summed E-state index contributed by atoms with van der Waals surface area (Å²) in [4.78, 5) is 7.41. The summed E-state index contributed by atoms with van der Waals surface area (Å²) >= 11 is 5.76. The van der Waals surface area contributed by atoms with Crippen molar-refractivity contribution in [3.05, 3.63) is 35.4 Å². The molecule has 0 unspecified atom stereocenters. The fourth-order valence-electron chi connectivity index (χ4n) is 1.62. The summed E-state index contributed by atoms with van der Waals surface area (Å²) in [5, 5.41) is 13.5. The number of hydrazone groups is 1. The molecule has 9 heteroatoms. The molecule has 2 rings (SSSR count). The van der Waals surface area contributed by atoms with Crippen LogP contribution in [0, 0.1) is 5.82 Å². The predicted octanol–water partition coefficient (Wildman–Crippen LogP) is 1.22. The molecule has 0 aliphatic heterocycles. The molecule has 104 valence electrons. The van der Waals surface area contributed by atoms with Crippen molar-refractivity contribution in [2.45, 2.75) is 0 Å². The maximum absolute atomic E-state index is 14.2. The number of nitrogens with zero attached hydrogens (tertiary/aromatic N) is 4. The molecular formula is C11H10ClFN6O. The summed E-state index contributed by atoms with van der Waals surface area (Å²) < 4.78 is 14.2. The van der Waals surface area contributed by atoms with E-state index in [-0.39, 0.29) is 27.8 Å². The molecule has 1 aromatic carbocycles. The zero-order chi connectivity index (χ0) is 14.7. The normalized spacial score (nSPS) is 10.9. The van der Waals surface area contributed by atoms with Crippen LogP contribution in [0.2, 0.25) is 5.02 Å². The molecule has 5 N–H and O–H groups in total. The lowest BCUT2D eigenvalue weighted by Gasteiger charge is -2.17. The minimum absolute atomic E-state index is 0.00222. The van der Waals surface area contributed by atoms with Crippen LogP contribution in [-0.2, 0) is 0 Å². The van der Waals surface area contributed by atoms with Gasteiger partial charge < -0.3 is 10.9 Å². The van der Waals surface area contributed by atoms with E-state index in [0.717, 1.165) is 17.7 Å². The zero-order valence-corrected chi connectivity index (χ0v) is 10.8. The Morgan fingerprint density at radius 1 is 1.40 bits per heavy atom. The Balaban J connectivity index is 2.69. The maximum atomic E-state index is 14.2. The Bertz CT molecular complexity index is 665. The Labute approximate surface area is 118 Å². The van der Waals surface area contributed by atoms with Crippen molar-refractivity contribution in [1.29, 1.82) is 0 Å². The maximum Gasteiger partial charge on any atom is 0.214 e.